The van der Waals surface area contributed by atoms with E-state index in [0.29, 0.717) is 17.1 Å². The van der Waals surface area contributed by atoms with Crippen molar-refractivity contribution in [3.63, 3.8) is 0 Å². The van der Waals surface area contributed by atoms with Crippen molar-refractivity contribution in [2.45, 2.75) is 58.3 Å². The lowest BCUT2D eigenvalue weighted by atomic mass is 9.56. The molecule has 120 valence electrons. The van der Waals surface area contributed by atoms with Gasteiger partial charge < -0.3 is 0 Å². The second kappa shape index (κ2) is 5.52. The van der Waals surface area contributed by atoms with Crippen molar-refractivity contribution in [3.05, 3.63) is 35.5 Å². The van der Waals surface area contributed by atoms with Crippen LogP contribution in [-0.4, -0.2) is 5.78 Å². The summed E-state index contributed by atoms with van der Waals surface area (Å²) in [5.74, 6) is 9.04. The van der Waals surface area contributed by atoms with E-state index in [1.54, 1.807) is 17.2 Å². The van der Waals surface area contributed by atoms with Gasteiger partial charge in [-0.2, -0.15) is 0 Å². The smallest absolute Gasteiger partial charge is 0.156 e. The average molecular weight is 306 g/mol. The minimum Gasteiger partial charge on any atom is -0.295 e. The Bertz CT molecular complexity index is 680. The summed E-state index contributed by atoms with van der Waals surface area (Å²) in [6, 6.07) is 0. The minimum absolute atomic E-state index is 0.337. The van der Waals surface area contributed by atoms with Gasteiger partial charge in [0, 0.05) is 12.3 Å². The molecular formula is C22H26O. The highest BCUT2D eigenvalue weighted by Crippen LogP contribution is 2.61. The third-order valence-electron chi connectivity index (χ3n) is 7.09. The Balaban J connectivity index is 1.68. The van der Waals surface area contributed by atoms with E-state index < -0.39 is 0 Å². The maximum absolute atomic E-state index is 11.7. The van der Waals surface area contributed by atoms with Crippen LogP contribution in [0.2, 0.25) is 0 Å². The molecule has 1 nitrogen and oxygen atoms in total. The van der Waals surface area contributed by atoms with Gasteiger partial charge in [-0.1, -0.05) is 30.9 Å². The second-order valence-corrected chi connectivity index (χ2v) is 8.02. The summed E-state index contributed by atoms with van der Waals surface area (Å²) in [7, 11) is 0. The molecule has 0 spiro atoms. The van der Waals surface area contributed by atoms with E-state index >= 15 is 0 Å². The molecule has 0 aromatic heterocycles. The van der Waals surface area contributed by atoms with Crippen molar-refractivity contribution in [1.29, 1.82) is 0 Å². The fourth-order valence-corrected chi connectivity index (χ4v) is 5.93. The lowest BCUT2D eigenvalue weighted by Crippen LogP contribution is -2.39. The van der Waals surface area contributed by atoms with Crippen molar-refractivity contribution in [2.75, 3.05) is 0 Å². The molecule has 4 atom stereocenters. The van der Waals surface area contributed by atoms with Gasteiger partial charge in [-0.3, -0.25) is 4.79 Å². The molecule has 0 heterocycles. The second-order valence-electron chi connectivity index (χ2n) is 8.02. The molecule has 0 saturated heterocycles. The fraction of sp³-hybridized carbons (Fsp3) is 0.591. The molecule has 0 bridgehead atoms. The topological polar surface area (TPSA) is 17.1 Å². The molecule has 23 heavy (non-hydrogen) atoms. The number of hydrogen-bond donors (Lipinski definition) is 0. The Kier molecular flexibility index (Phi) is 3.60. The predicted octanol–water partition coefficient (Wildman–Crippen LogP) is 5.00. The molecule has 0 unspecified atom stereocenters. The Morgan fingerprint density at radius 1 is 1.22 bits per heavy atom. The first-order valence-electron chi connectivity index (χ1n) is 9.21. The van der Waals surface area contributed by atoms with Gasteiger partial charge in [0.05, 0.1) is 0 Å². The monoisotopic (exact) mass is 306 g/mol. The molecule has 0 radical (unpaired) electrons. The third-order valence-corrected chi connectivity index (χ3v) is 7.09. The van der Waals surface area contributed by atoms with Gasteiger partial charge in [-0.05, 0) is 85.5 Å². The summed E-state index contributed by atoms with van der Waals surface area (Å²) in [6.45, 7) is 6.24. The summed E-state index contributed by atoms with van der Waals surface area (Å²) < 4.78 is 0. The SMILES string of the molecule is C=CC#C[C@H]1CC[C@H]2[C@@H]3CCC4=CC(=O)CCC4=C3CC[C@]12C. The Morgan fingerprint density at radius 3 is 2.91 bits per heavy atom. The first kappa shape index (κ1) is 15.0. The van der Waals surface area contributed by atoms with Gasteiger partial charge in [0.25, 0.3) is 0 Å². The van der Waals surface area contributed by atoms with Crippen LogP contribution in [-0.2, 0) is 4.79 Å². The molecule has 0 N–H and O–H groups in total. The normalized spacial score (nSPS) is 38.7. The van der Waals surface area contributed by atoms with Crippen LogP contribution in [0.3, 0.4) is 0 Å². The molecule has 4 aliphatic carbocycles. The molecule has 1 heteroatoms. The van der Waals surface area contributed by atoms with Gasteiger partial charge in [-0.15, -0.1) is 0 Å². The predicted molar refractivity (Wildman–Crippen MR) is 93.6 cm³/mol. The van der Waals surface area contributed by atoms with E-state index in [-0.39, 0.29) is 0 Å². The molecule has 2 fully saturated rings. The summed E-state index contributed by atoms with van der Waals surface area (Å²) >= 11 is 0. The maximum atomic E-state index is 11.7. The van der Waals surface area contributed by atoms with Crippen LogP contribution in [0.5, 0.6) is 0 Å². The van der Waals surface area contributed by atoms with Gasteiger partial charge in [0.1, 0.15) is 0 Å². The lowest BCUT2D eigenvalue weighted by Gasteiger charge is -2.48. The number of carbonyl (C=O) groups is 1. The number of ketones is 1. The van der Waals surface area contributed by atoms with Crippen molar-refractivity contribution < 1.29 is 4.79 Å². The van der Waals surface area contributed by atoms with E-state index in [1.807, 2.05) is 6.08 Å². The van der Waals surface area contributed by atoms with Crippen LogP contribution in [0.15, 0.2) is 35.5 Å². The van der Waals surface area contributed by atoms with Crippen molar-refractivity contribution in [3.8, 4) is 11.8 Å². The van der Waals surface area contributed by atoms with E-state index in [9.17, 15) is 4.79 Å². The number of carbonyl (C=O) groups excluding carboxylic acids is 1. The Hall–Kier alpha value is -1.55. The first-order chi connectivity index (χ1) is 11.1. The molecular weight excluding hydrogens is 280 g/mol. The zero-order valence-electron chi connectivity index (χ0n) is 14.2. The van der Waals surface area contributed by atoms with E-state index in [2.05, 4.69) is 25.3 Å². The highest BCUT2D eigenvalue weighted by molar-refractivity contribution is 5.93. The summed E-state index contributed by atoms with van der Waals surface area (Å²) in [4.78, 5) is 11.7. The molecule has 0 aromatic carbocycles. The van der Waals surface area contributed by atoms with Crippen LogP contribution in [0.4, 0.5) is 0 Å². The fourth-order valence-electron chi connectivity index (χ4n) is 5.93. The maximum Gasteiger partial charge on any atom is 0.156 e. The van der Waals surface area contributed by atoms with Crippen LogP contribution < -0.4 is 0 Å². The molecule has 0 amide bonds. The van der Waals surface area contributed by atoms with Gasteiger partial charge in [0.15, 0.2) is 5.78 Å². The van der Waals surface area contributed by atoms with Gasteiger partial charge in [0.2, 0.25) is 0 Å². The summed E-state index contributed by atoms with van der Waals surface area (Å²) in [5.41, 5.74) is 5.05. The van der Waals surface area contributed by atoms with E-state index in [4.69, 9.17) is 0 Å². The molecule has 2 saturated carbocycles. The summed E-state index contributed by atoms with van der Waals surface area (Å²) in [6.07, 6.45) is 12.9. The molecule has 4 aliphatic rings. The molecule has 0 aliphatic heterocycles. The van der Waals surface area contributed by atoms with Crippen LogP contribution >= 0.6 is 0 Å². The standard InChI is InChI=1S/C22H26O/c1-3-4-5-16-7-11-21-20-9-6-15-14-17(23)8-10-18(15)19(20)12-13-22(16,21)2/h3,14,16,20-21H,1,6-13H2,2H3/t16-,20+,21-,22+/m0/s1. The Labute approximate surface area is 139 Å². The largest absolute Gasteiger partial charge is 0.295 e. The molecule has 0 aromatic rings. The Morgan fingerprint density at radius 2 is 2.09 bits per heavy atom. The van der Waals surface area contributed by atoms with Crippen molar-refractivity contribution in [2.24, 2.45) is 23.2 Å². The lowest BCUT2D eigenvalue weighted by molar-refractivity contribution is -0.114. The van der Waals surface area contributed by atoms with E-state index in [1.165, 1.54) is 37.7 Å². The van der Waals surface area contributed by atoms with Crippen LogP contribution in [0.1, 0.15) is 58.3 Å². The third kappa shape index (κ3) is 2.26. The van der Waals surface area contributed by atoms with Gasteiger partial charge >= 0.3 is 0 Å². The van der Waals surface area contributed by atoms with Crippen molar-refractivity contribution in [1.82, 2.24) is 0 Å². The highest BCUT2D eigenvalue weighted by Gasteiger charge is 2.53. The highest BCUT2D eigenvalue weighted by atomic mass is 16.1. The average Bonchev–Trinajstić information content (AvgIpc) is 2.89. The number of hydrogen-bond acceptors (Lipinski definition) is 1. The first-order valence-corrected chi connectivity index (χ1v) is 9.21. The van der Waals surface area contributed by atoms with E-state index in [0.717, 1.165) is 31.1 Å². The van der Waals surface area contributed by atoms with Crippen LogP contribution in [0, 0.1) is 35.0 Å². The zero-order valence-corrected chi connectivity index (χ0v) is 14.2. The number of rotatable bonds is 0. The van der Waals surface area contributed by atoms with Gasteiger partial charge in [-0.25, -0.2) is 0 Å². The van der Waals surface area contributed by atoms with Crippen molar-refractivity contribution >= 4 is 5.78 Å². The van der Waals surface area contributed by atoms with Crippen LogP contribution in [0.25, 0.3) is 0 Å². The summed E-state index contributed by atoms with van der Waals surface area (Å²) in [5, 5.41) is 0. The quantitative estimate of drug-likeness (QED) is 0.576. The zero-order chi connectivity index (χ0) is 16.0. The molecule has 4 rings (SSSR count). The number of fused-ring (bicyclic) bond motifs is 4. The number of allylic oxidation sites excluding steroid dienone is 5. The minimum atomic E-state index is 0.337.